The molecule has 1 aliphatic carbocycles. The van der Waals surface area contributed by atoms with Gasteiger partial charge in [-0.1, -0.05) is 29.4 Å². The normalized spacial score (nSPS) is 29.2. The molecule has 1 aromatic carbocycles. The average Bonchev–Trinajstić information content (AvgIpc) is 3.23. The van der Waals surface area contributed by atoms with E-state index in [9.17, 15) is 9.90 Å². The first-order valence-corrected chi connectivity index (χ1v) is 11.1. The molecule has 4 heterocycles. The number of fused-ring (bicyclic) bond motifs is 3. The first-order chi connectivity index (χ1) is 15.2. The number of aromatic hydroxyl groups is 1. The van der Waals surface area contributed by atoms with Crippen LogP contribution in [0, 0.1) is 5.41 Å². The number of piperidine rings is 2. The van der Waals surface area contributed by atoms with E-state index in [2.05, 4.69) is 25.5 Å². The van der Waals surface area contributed by atoms with E-state index < -0.39 is 23.5 Å². The molecule has 9 nitrogen and oxygen atoms in total. The Labute approximate surface area is 187 Å². The first kappa shape index (κ1) is 21.0. The van der Waals surface area contributed by atoms with Gasteiger partial charge in [0.25, 0.3) is 5.19 Å². The zero-order valence-corrected chi connectivity index (χ0v) is 18.7. The van der Waals surface area contributed by atoms with E-state index >= 15 is 4.39 Å². The van der Waals surface area contributed by atoms with Crippen molar-refractivity contribution in [3.05, 3.63) is 35.0 Å². The highest BCUT2D eigenvalue weighted by molar-refractivity contribution is 7.16. The van der Waals surface area contributed by atoms with Gasteiger partial charge in [0.2, 0.25) is 0 Å². The molecule has 0 amide bonds. The van der Waals surface area contributed by atoms with E-state index in [1.54, 1.807) is 19.2 Å². The zero-order valence-electron chi connectivity index (χ0n) is 17.9. The Morgan fingerprint density at radius 1 is 1.31 bits per heavy atom. The molecule has 0 radical (unpaired) electrons. The van der Waals surface area contributed by atoms with Crippen LogP contribution in [0.15, 0.2) is 29.3 Å². The van der Waals surface area contributed by atoms with E-state index in [0.29, 0.717) is 22.7 Å². The molecule has 3 aliphatic rings. The number of phenols is 1. The highest BCUT2D eigenvalue weighted by Crippen LogP contribution is 2.48. The van der Waals surface area contributed by atoms with Crippen LogP contribution in [0.2, 0.25) is 0 Å². The van der Waals surface area contributed by atoms with Crippen molar-refractivity contribution in [2.24, 2.45) is 12.5 Å². The molecule has 4 atom stereocenters. The van der Waals surface area contributed by atoms with E-state index in [1.165, 1.54) is 17.0 Å². The van der Waals surface area contributed by atoms with E-state index in [4.69, 9.17) is 4.74 Å². The van der Waals surface area contributed by atoms with E-state index in [-0.39, 0.29) is 22.2 Å². The van der Waals surface area contributed by atoms with Gasteiger partial charge in [-0.25, -0.2) is 14.2 Å². The number of alkyl halides is 1. The SMILES string of the molecule is Cn1cnc(-c2ccc(-c3nnc(O[C@H]4[C@H](F)[C@@]5(C)CC[C@]4(C)CN5)s3)c(O)c2)nc1=O. The van der Waals surface area contributed by atoms with Gasteiger partial charge in [0.15, 0.2) is 17.0 Å². The fraction of sp³-hybridized carbons (Fsp3) is 0.476. The summed E-state index contributed by atoms with van der Waals surface area (Å²) in [6.45, 7) is 4.61. The van der Waals surface area contributed by atoms with Crippen LogP contribution in [0.4, 0.5) is 4.39 Å². The third-order valence-electron chi connectivity index (χ3n) is 6.65. The highest BCUT2D eigenvalue weighted by atomic mass is 32.1. The van der Waals surface area contributed by atoms with Crippen LogP contribution in [-0.4, -0.2) is 54.2 Å². The number of ether oxygens (including phenoxy) is 1. The van der Waals surface area contributed by atoms with Crippen molar-refractivity contribution in [1.29, 1.82) is 0 Å². The van der Waals surface area contributed by atoms with Crippen molar-refractivity contribution in [3.8, 4) is 32.9 Å². The fourth-order valence-electron chi connectivity index (χ4n) is 4.35. The predicted molar refractivity (Wildman–Crippen MR) is 116 cm³/mol. The number of rotatable bonds is 4. The maximum absolute atomic E-state index is 15.2. The fourth-order valence-corrected chi connectivity index (χ4v) is 5.11. The number of phenolic OH excluding ortho intramolecular Hbond substituents is 1. The number of hydrogen-bond acceptors (Lipinski definition) is 9. The number of aryl methyl sites for hydroxylation is 1. The minimum absolute atomic E-state index is 0.0572. The summed E-state index contributed by atoms with van der Waals surface area (Å²) in [5, 5.41) is 22.8. The largest absolute Gasteiger partial charge is 0.507 e. The third kappa shape index (κ3) is 3.36. The second kappa shape index (κ2) is 7.31. The Hall–Kier alpha value is -2.92. The summed E-state index contributed by atoms with van der Waals surface area (Å²) in [6, 6.07) is 4.82. The molecule has 0 spiro atoms. The number of aromatic nitrogens is 5. The van der Waals surface area contributed by atoms with Crippen molar-refractivity contribution in [1.82, 2.24) is 30.0 Å². The van der Waals surface area contributed by atoms with Gasteiger partial charge >= 0.3 is 5.69 Å². The number of nitrogens with one attached hydrogen (secondary N) is 1. The van der Waals surface area contributed by atoms with Crippen LogP contribution < -0.4 is 15.7 Å². The van der Waals surface area contributed by atoms with Gasteiger partial charge in [-0.15, -0.1) is 5.10 Å². The standard InChI is InChI=1S/C21H23FN6O3S/c1-20-6-7-21(2,24-9-20)14(22)15(20)31-19-27-26-17(32-19)12-5-4-11(8-13(12)29)16-23-10-28(3)18(30)25-16/h4-5,8,10,14-15,24,29H,6-7,9H2,1-3H3/t14-,15-,20+,21+/m0/s1. The van der Waals surface area contributed by atoms with Gasteiger partial charge in [0, 0.05) is 24.6 Å². The lowest BCUT2D eigenvalue weighted by Gasteiger charge is -2.56. The monoisotopic (exact) mass is 458 g/mol. The van der Waals surface area contributed by atoms with Gasteiger partial charge in [0.1, 0.15) is 18.2 Å². The summed E-state index contributed by atoms with van der Waals surface area (Å²) in [7, 11) is 1.56. The van der Waals surface area contributed by atoms with Gasteiger partial charge in [-0.3, -0.25) is 4.57 Å². The van der Waals surface area contributed by atoms with Crippen LogP contribution >= 0.6 is 11.3 Å². The maximum atomic E-state index is 15.2. The lowest BCUT2D eigenvalue weighted by Crippen LogP contribution is -2.72. The number of halogens is 1. The Morgan fingerprint density at radius 3 is 2.81 bits per heavy atom. The van der Waals surface area contributed by atoms with Gasteiger partial charge in [0.05, 0.1) is 11.1 Å². The van der Waals surface area contributed by atoms with Crippen LogP contribution in [-0.2, 0) is 7.05 Å². The van der Waals surface area contributed by atoms with Crippen molar-refractivity contribution >= 4 is 11.3 Å². The summed E-state index contributed by atoms with van der Waals surface area (Å²) in [5.74, 6) is 0.158. The van der Waals surface area contributed by atoms with Crippen LogP contribution in [0.3, 0.4) is 0 Å². The highest BCUT2D eigenvalue weighted by Gasteiger charge is 2.58. The number of hydrogen-bond donors (Lipinski definition) is 2. The summed E-state index contributed by atoms with van der Waals surface area (Å²) >= 11 is 1.15. The van der Waals surface area contributed by atoms with Crippen molar-refractivity contribution < 1.29 is 14.2 Å². The Morgan fingerprint density at radius 2 is 2.12 bits per heavy atom. The smallest absolute Gasteiger partial charge is 0.350 e. The summed E-state index contributed by atoms with van der Waals surface area (Å²) < 4.78 is 22.5. The van der Waals surface area contributed by atoms with Gasteiger partial charge < -0.3 is 15.2 Å². The van der Waals surface area contributed by atoms with Crippen LogP contribution in [0.5, 0.6) is 10.9 Å². The van der Waals surface area contributed by atoms with E-state index in [1.807, 2.05) is 13.8 Å². The molecule has 3 aromatic rings. The zero-order chi connectivity index (χ0) is 22.7. The minimum Gasteiger partial charge on any atom is -0.507 e. The number of benzene rings is 1. The summed E-state index contributed by atoms with van der Waals surface area (Å²) in [5.41, 5.74) is -0.405. The maximum Gasteiger partial charge on any atom is 0.350 e. The number of nitrogens with zero attached hydrogens (tertiary/aromatic N) is 5. The predicted octanol–water partition coefficient (Wildman–Crippen LogP) is 2.31. The third-order valence-corrected chi connectivity index (χ3v) is 7.50. The lowest BCUT2D eigenvalue weighted by atomic mass is 9.61. The molecule has 3 fully saturated rings. The molecule has 1 saturated carbocycles. The second-order valence-electron chi connectivity index (χ2n) is 9.04. The first-order valence-electron chi connectivity index (χ1n) is 10.3. The molecule has 2 saturated heterocycles. The Balaban J connectivity index is 1.39. The average molecular weight is 459 g/mol. The summed E-state index contributed by atoms with van der Waals surface area (Å²) in [4.78, 5) is 19.8. The van der Waals surface area contributed by atoms with Crippen molar-refractivity contribution in [3.63, 3.8) is 0 Å². The molecule has 2 aromatic heterocycles. The minimum atomic E-state index is -1.16. The van der Waals surface area contributed by atoms with Crippen LogP contribution in [0.25, 0.3) is 22.0 Å². The van der Waals surface area contributed by atoms with Crippen molar-refractivity contribution in [2.45, 2.75) is 44.5 Å². The molecular formula is C21H23FN6O3S. The molecule has 168 valence electrons. The molecular weight excluding hydrogens is 435 g/mol. The molecule has 6 rings (SSSR count). The molecule has 11 heteroatoms. The Kier molecular flexibility index (Phi) is 4.79. The van der Waals surface area contributed by atoms with E-state index in [0.717, 1.165) is 24.2 Å². The van der Waals surface area contributed by atoms with Gasteiger partial charge in [-0.2, -0.15) is 4.98 Å². The molecule has 2 N–H and O–H groups in total. The Bertz CT molecular complexity index is 1240. The van der Waals surface area contributed by atoms with Gasteiger partial charge in [-0.05, 0) is 31.9 Å². The molecule has 32 heavy (non-hydrogen) atoms. The molecule has 2 aliphatic heterocycles. The quantitative estimate of drug-likeness (QED) is 0.612. The topological polar surface area (TPSA) is 115 Å². The lowest BCUT2D eigenvalue weighted by molar-refractivity contribution is -0.118. The molecule has 0 unspecified atom stereocenters. The summed E-state index contributed by atoms with van der Waals surface area (Å²) in [6.07, 6.45) is 1.24. The second-order valence-corrected chi connectivity index (χ2v) is 9.98. The van der Waals surface area contributed by atoms with Crippen LogP contribution in [0.1, 0.15) is 26.7 Å². The van der Waals surface area contributed by atoms with Crippen molar-refractivity contribution in [2.75, 3.05) is 6.54 Å². The molecule has 2 bridgehead atoms.